The van der Waals surface area contributed by atoms with Gasteiger partial charge in [0.2, 0.25) is 0 Å². The van der Waals surface area contributed by atoms with Gasteiger partial charge in [0.25, 0.3) is 0 Å². The highest BCUT2D eigenvalue weighted by Gasteiger charge is 2.41. The second-order valence-corrected chi connectivity index (χ2v) is 6.52. The molecule has 1 unspecified atom stereocenters. The first-order chi connectivity index (χ1) is 7.79. The molecule has 1 heterocycles. The molecular formula is C13H24N2O2. The number of ether oxygens (including phenoxy) is 1. The molecule has 17 heavy (non-hydrogen) atoms. The summed E-state index contributed by atoms with van der Waals surface area (Å²) < 4.78 is 5.38. The van der Waals surface area contributed by atoms with Gasteiger partial charge in [-0.3, -0.25) is 0 Å². The number of nitrogens with two attached hydrogens (primary N) is 1. The van der Waals surface area contributed by atoms with E-state index in [0.717, 1.165) is 38.6 Å². The third-order valence-corrected chi connectivity index (χ3v) is 3.64. The molecule has 2 N–H and O–H groups in total. The van der Waals surface area contributed by atoms with Crippen LogP contribution in [0.3, 0.4) is 0 Å². The Morgan fingerprint density at radius 1 is 1.47 bits per heavy atom. The molecule has 0 bridgehead atoms. The normalized spacial score (nSPS) is 26.4. The lowest BCUT2D eigenvalue weighted by molar-refractivity contribution is -0.00740. The molecule has 0 aromatic rings. The largest absolute Gasteiger partial charge is 0.444 e. The number of nitrogens with zero attached hydrogens (tertiary/aromatic N) is 1. The highest BCUT2D eigenvalue weighted by Crippen LogP contribution is 2.38. The van der Waals surface area contributed by atoms with Crippen LogP contribution >= 0.6 is 0 Å². The summed E-state index contributed by atoms with van der Waals surface area (Å²) in [6.07, 6.45) is 5.27. The lowest BCUT2D eigenvalue weighted by Gasteiger charge is -2.41. The Hall–Kier alpha value is -0.770. The van der Waals surface area contributed by atoms with Gasteiger partial charge in [0.05, 0.1) is 0 Å². The zero-order valence-corrected chi connectivity index (χ0v) is 11.2. The molecule has 2 rings (SSSR count). The molecular weight excluding hydrogens is 216 g/mol. The fourth-order valence-electron chi connectivity index (χ4n) is 2.17. The third-order valence-electron chi connectivity index (χ3n) is 3.64. The molecule has 1 saturated carbocycles. The van der Waals surface area contributed by atoms with Crippen molar-refractivity contribution in [2.45, 2.75) is 70.1 Å². The minimum atomic E-state index is -0.400. The first-order valence-electron chi connectivity index (χ1n) is 6.58. The molecule has 0 spiro atoms. The van der Waals surface area contributed by atoms with Crippen molar-refractivity contribution in [2.24, 2.45) is 5.73 Å². The van der Waals surface area contributed by atoms with Gasteiger partial charge in [-0.05, 0) is 52.9 Å². The third kappa shape index (κ3) is 3.35. The Morgan fingerprint density at radius 3 is 2.53 bits per heavy atom. The average Bonchev–Trinajstić information content (AvgIpc) is 2.78. The zero-order valence-electron chi connectivity index (χ0n) is 11.2. The van der Waals surface area contributed by atoms with Crippen molar-refractivity contribution < 1.29 is 9.53 Å². The van der Waals surface area contributed by atoms with Gasteiger partial charge in [-0.1, -0.05) is 0 Å². The van der Waals surface area contributed by atoms with Gasteiger partial charge < -0.3 is 15.4 Å². The van der Waals surface area contributed by atoms with E-state index < -0.39 is 5.60 Å². The molecule has 0 radical (unpaired) electrons. The number of amides is 1. The number of hydrogen-bond acceptors (Lipinski definition) is 3. The fraction of sp³-hybridized carbons (Fsp3) is 0.923. The van der Waals surface area contributed by atoms with Crippen LogP contribution in [0.15, 0.2) is 0 Å². The molecule has 1 atom stereocenters. The maximum absolute atomic E-state index is 11.9. The highest BCUT2D eigenvalue weighted by atomic mass is 16.6. The minimum Gasteiger partial charge on any atom is -0.444 e. The smallest absolute Gasteiger partial charge is 0.410 e. The van der Waals surface area contributed by atoms with Gasteiger partial charge >= 0.3 is 6.09 Å². The van der Waals surface area contributed by atoms with Crippen LogP contribution in [0.25, 0.3) is 0 Å². The molecule has 1 aliphatic carbocycles. The number of carbonyl (C=O) groups is 1. The zero-order chi connectivity index (χ0) is 12.7. The molecule has 1 amide bonds. The predicted octanol–water partition coefficient (Wildman–Crippen LogP) is 2.27. The van der Waals surface area contributed by atoms with E-state index in [1.807, 2.05) is 25.7 Å². The lowest BCUT2D eigenvalue weighted by Crippen LogP contribution is -2.53. The molecule has 0 aromatic carbocycles. The molecule has 2 aliphatic rings. The van der Waals surface area contributed by atoms with Gasteiger partial charge in [-0.2, -0.15) is 0 Å². The Morgan fingerprint density at radius 2 is 2.12 bits per heavy atom. The first kappa shape index (κ1) is 12.7. The Balaban J connectivity index is 1.75. The van der Waals surface area contributed by atoms with E-state index in [0.29, 0.717) is 6.04 Å². The number of likely N-dealkylation sites (tertiary alicyclic amines) is 1. The van der Waals surface area contributed by atoms with Crippen LogP contribution in [0.1, 0.15) is 52.9 Å². The summed E-state index contributed by atoms with van der Waals surface area (Å²) in [5, 5.41) is 0. The van der Waals surface area contributed by atoms with Crippen LogP contribution in [0.5, 0.6) is 0 Å². The molecule has 98 valence electrons. The SMILES string of the molecule is CC(C)(C)OC(=O)N1CCC1CCC1(N)CC1. The summed E-state index contributed by atoms with van der Waals surface area (Å²) >= 11 is 0. The monoisotopic (exact) mass is 240 g/mol. The maximum Gasteiger partial charge on any atom is 0.410 e. The summed E-state index contributed by atoms with van der Waals surface area (Å²) in [6, 6.07) is 0.353. The Kier molecular flexibility index (Phi) is 3.10. The van der Waals surface area contributed by atoms with Crippen LogP contribution in [0, 0.1) is 0 Å². The molecule has 2 fully saturated rings. The van der Waals surface area contributed by atoms with Crippen LogP contribution < -0.4 is 5.73 Å². The summed E-state index contributed by atoms with van der Waals surface area (Å²) in [6.45, 7) is 6.54. The summed E-state index contributed by atoms with van der Waals surface area (Å²) in [5.74, 6) is 0. The van der Waals surface area contributed by atoms with E-state index in [4.69, 9.17) is 10.5 Å². The van der Waals surface area contributed by atoms with Crippen molar-refractivity contribution in [3.8, 4) is 0 Å². The van der Waals surface area contributed by atoms with Gasteiger partial charge in [-0.15, -0.1) is 0 Å². The van der Waals surface area contributed by atoms with Crippen LogP contribution in [0.2, 0.25) is 0 Å². The van der Waals surface area contributed by atoms with E-state index in [9.17, 15) is 4.79 Å². The standard InChI is InChI=1S/C13H24N2O2/c1-12(2,3)17-11(16)15-9-5-10(15)4-6-13(14)7-8-13/h10H,4-9,14H2,1-3H3. The molecule has 0 aromatic heterocycles. The van der Waals surface area contributed by atoms with Crippen molar-refractivity contribution in [1.82, 2.24) is 4.90 Å². The minimum absolute atomic E-state index is 0.0925. The van der Waals surface area contributed by atoms with Crippen molar-refractivity contribution in [2.75, 3.05) is 6.54 Å². The van der Waals surface area contributed by atoms with Gasteiger partial charge in [0, 0.05) is 18.1 Å². The lowest BCUT2D eigenvalue weighted by atomic mass is 9.95. The maximum atomic E-state index is 11.9. The van der Waals surface area contributed by atoms with Crippen molar-refractivity contribution in [1.29, 1.82) is 0 Å². The second kappa shape index (κ2) is 4.16. The van der Waals surface area contributed by atoms with Crippen LogP contribution in [-0.4, -0.2) is 34.7 Å². The molecule has 4 nitrogen and oxygen atoms in total. The topological polar surface area (TPSA) is 55.6 Å². The van der Waals surface area contributed by atoms with Gasteiger partial charge in [-0.25, -0.2) is 4.79 Å². The summed E-state index contributed by atoms with van der Waals surface area (Å²) in [5.41, 5.74) is 5.75. The summed E-state index contributed by atoms with van der Waals surface area (Å²) in [4.78, 5) is 13.7. The van der Waals surface area contributed by atoms with Crippen LogP contribution in [0.4, 0.5) is 4.79 Å². The van der Waals surface area contributed by atoms with E-state index in [1.165, 1.54) is 0 Å². The first-order valence-corrected chi connectivity index (χ1v) is 6.58. The van der Waals surface area contributed by atoms with E-state index in [-0.39, 0.29) is 11.6 Å². The van der Waals surface area contributed by atoms with Crippen molar-refractivity contribution in [3.05, 3.63) is 0 Å². The van der Waals surface area contributed by atoms with Crippen molar-refractivity contribution in [3.63, 3.8) is 0 Å². The quantitative estimate of drug-likeness (QED) is 0.823. The van der Waals surface area contributed by atoms with Gasteiger partial charge in [0.15, 0.2) is 0 Å². The highest BCUT2D eigenvalue weighted by molar-refractivity contribution is 5.69. The number of rotatable bonds is 3. The number of hydrogen-bond donors (Lipinski definition) is 1. The Labute approximate surface area is 103 Å². The molecule has 4 heteroatoms. The predicted molar refractivity (Wildman–Crippen MR) is 66.7 cm³/mol. The van der Waals surface area contributed by atoms with Crippen LogP contribution in [-0.2, 0) is 4.74 Å². The number of carbonyl (C=O) groups excluding carboxylic acids is 1. The summed E-state index contributed by atoms with van der Waals surface area (Å²) in [7, 11) is 0. The fourth-order valence-corrected chi connectivity index (χ4v) is 2.17. The average molecular weight is 240 g/mol. The van der Waals surface area contributed by atoms with E-state index in [2.05, 4.69) is 0 Å². The second-order valence-electron chi connectivity index (χ2n) is 6.52. The molecule has 1 saturated heterocycles. The van der Waals surface area contributed by atoms with E-state index >= 15 is 0 Å². The Bertz CT molecular complexity index is 305. The van der Waals surface area contributed by atoms with E-state index in [1.54, 1.807) is 0 Å². The van der Waals surface area contributed by atoms with Crippen molar-refractivity contribution >= 4 is 6.09 Å². The van der Waals surface area contributed by atoms with Gasteiger partial charge in [0.1, 0.15) is 5.60 Å². The molecule has 1 aliphatic heterocycles.